The van der Waals surface area contributed by atoms with Crippen LogP contribution in [0.15, 0.2) is 24.3 Å². The maximum atomic E-state index is 12.7. The number of nitrogens with zero attached hydrogens (tertiary/aromatic N) is 2. The topological polar surface area (TPSA) is 130 Å². The number of aliphatic carboxylic acids is 1. The van der Waals surface area contributed by atoms with E-state index >= 15 is 0 Å². The van der Waals surface area contributed by atoms with Gasteiger partial charge < -0.3 is 26.4 Å². The molecule has 0 radical (unpaired) electrons. The average Bonchev–Trinajstić information content (AvgIpc) is 2.69. The van der Waals surface area contributed by atoms with Gasteiger partial charge in [0.2, 0.25) is 11.8 Å². The SMILES string of the molecule is CCCC(=O)N(CCC(C)(C)N)Cc1ccc(N(CCC(C)(C)N)C(=O)CCC(=O)O)cc1. The van der Waals surface area contributed by atoms with Crippen LogP contribution in [-0.4, -0.2) is 52.0 Å². The molecule has 0 aromatic heterocycles. The quantitative estimate of drug-likeness (QED) is 0.389. The fraction of sp³-hybridized carbons (Fsp3) is 0.640. The Morgan fingerprint density at radius 3 is 1.88 bits per heavy atom. The average molecular weight is 463 g/mol. The normalized spacial score (nSPS) is 11.8. The van der Waals surface area contributed by atoms with E-state index in [1.165, 1.54) is 0 Å². The number of benzene rings is 1. The highest BCUT2D eigenvalue weighted by molar-refractivity contribution is 5.94. The van der Waals surface area contributed by atoms with Crippen LogP contribution >= 0.6 is 0 Å². The van der Waals surface area contributed by atoms with E-state index in [0.717, 1.165) is 12.0 Å². The molecule has 33 heavy (non-hydrogen) atoms. The second-order valence-electron chi connectivity index (χ2n) is 10.1. The van der Waals surface area contributed by atoms with Crippen molar-refractivity contribution >= 4 is 23.5 Å². The Kier molecular flexibility index (Phi) is 11.0. The monoisotopic (exact) mass is 462 g/mol. The summed E-state index contributed by atoms with van der Waals surface area (Å²) in [5.74, 6) is -1.16. The number of hydrogen-bond donors (Lipinski definition) is 3. The molecule has 186 valence electrons. The number of anilines is 1. The van der Waals surface area contributed by atoms with Crippen molar-refractivity contribution < 1.29 is 19.5 Å². The van der Waals surface area contributed by atoms with Gasteiger partial charge in [-0.1, -0.05) is 19.1 Å². The summed E-state index contributed by atoms with van der Waals surface area (Å²) in [5, 5.41) is 8.94. The minimum Gasteiger partial charge on any atom is -0.481 e. The van der Waals surface area contributed by atoms with Crippen molar-refractivity contribution in [3.63, 3.8) is 0 Å². The number of rotatable bonds is 14. The van der Waals surface area contributed by atoms with Crippen molar-refractivity contribution in [2.75, 3.05) is 18.0 Å². The van der Waals surface area contributed by atoms with Gasteiger partial charge in [-0.3, -0.25) is 14.4 Å². The van der Waals surface area contributed by atoms with E-state index in [9.17, 15) is 14.4 Å². The molecule has 0 aliphatic heterocycles. The first-order valence-corrected chi connectivity index (χ1v) is 11.7. The molecule has 0 saturated carbocycles. The van der Waals surface area contributed by atoms with Crippen molar-refractivity contribution in [2.24, 2.45) is 11.5 Å². The first kappa shape index (κ1) is 28.6. The van der Waals surface area contributed by atoms with Crippen LogP contribution in [0, 0.1) is 0 Å². The molecule has 1 aromatic carbocycles. The van der Waals surface area contributed by atoms with E-state index in [1.807, 2.05) is 63.8 Å². The smallest absolute Gasteiger partial charge is 0.303 e. The van der Waals surface area contributed by atoms with Crippen LogP contribution in [0.25, 0.3) is 0 Å². The highest BCUT2D eigenvalue weighted by Crippen LogP contribution is 2.21. The highest BCUT2D eigenvalue weighted by atomic mass is 16.4. The lowest BCUT2D eigenvalue weighted by atomic mass is 10.0. The number of hydrogen-bond acceptors (Lipinski definition) is 5. The number of amides is 2. The summed E-state index contributed by atoms with van der Waals surface area (Å²) in [6.45, 7) is 11.1. The molecule has 1 rings (SSSR count). The van der Waals surface area contributed by atoms with Gasteiger partial charge in [0, 0.05) is 49.2 Å². The van der Waals surface area contributed by atoms with Gasteiger partial charge >= 0.3 is 5.97 Å². The van der Waals surface area contributed by atoms with Crippen LogP contribution in [0.4, 0.5) is 5.69 Å². The Morgan fingerprint density at radius 2 is 1.39 bits per heavy atom. The molecule has 0 atom stereocenters. The van der Waals surface area contributed by atoms with Crippen LogP contribution < -0.4 is 16.4 Å². The zero-order chi connectivity index (χ0) is 25.2. The van der Waals surface area contributed by atoms with Crippen LogP contribution in [0.1, 0.15) is 78.7 Å². The minimum absolute atomic E-state index is 0.0732. The number of carboxylic acids is 1. The number of carbonyl (C=O) groups excluding carboxylic acids is 2. The summed E-state index contributed by atoms with van der Waals surface area (Å²) in [6.07, 6.45) is 2.25. The zero-order valence-electron chi connectivity index (χ0n) is 20.9. The molecule has 2 amide bonds. The molecule has 0 bridgehead atoms. The zero-order valence-corrected chi connectivity index (χ0v) is 20.9. The van der Waals surface area contributed by atoms with E-state index in [0.29, 0.717) is 44.6 Å². The Balaban J connectivity index is 3.01. The third-order valence-electron chi connectivity index (χ3n) is 5.30. The lowest BCUT2D eigenvalue weighted by Gasteiger charge is -2.28. The molecule has 0 unspecified atom stereocenters. The van der Waals surface area contributed by atoms with Gasteiger partial charge in [0.25, 0.3) is 0 Å². The summed E-state index contributed by atoms with van der Waals surface area (Å²) in [7, 11) is 0. The maximum absolute atomic E-state index is 12.7. The second kappa shape index (κ2) is 12.7. The maximum Gasteiger partial charge on any atom is 0.303 e. The molecular formula is C25H42N4O4. The van der Waals surface area contributed by atoms with Crippen molar-refractivity contribution in [2.45, 2.75) is 90.8 Å². The number of carbonyl (C=O) groups is 3. The van der Waals surface area contributed by atoms with Gasteiger partial charge in [-0.25, -0.2) is 0 Å². The van der Waals surface area contributed by atoms with E-state index < -0.39 is 11.5 Å². The van der Waals surface area contributed by atoms with Crippen molar-refractivity contribution in [3.05, 3.63) is 29.8 Å². The van der Waals surface area contributed by atoms with Gasteiger partial charge in [0.05, 0.1) is 6.42 Å². The van der Waals surface area contributed by atoms with E-state index in [1.54, 1.807) is 4.90 Å². The van der Waals surface area contributed by atoms with E-state index in [2.05, 4.69) is 0 Å². The first-order valence-electron chi connectivity index (χ1n) is 11.7. The van der Waals surface area contributed by atoms with Gasteiger partial charge in [-0.2, -0.15) is 0 Å². The second-order valence-corrected chi connectivity index (χ2v) is 10.1. The van der Waals surface area contributed by atoms with E-state index in [-0.39, 0.29) is 30.2 Å². The van der Waals surface area contributed by atoms with Crippen molar-refractivity contribution in [3.8, 4) is 0 Å². The first-order chi connectivity index (χ1) is 15.2. The Labute approximate surface area is 198 Å². The molecular weight excluding hydrogens is 420 g/mol. The molecule has 1 aromatic rings. The fourth-order valence-corrected chi connectivity index (χ4v) is 3.24. The Morgan fingerprint density at radius 1 is 0.848 bits per heavy atom. The summed E-state index contributed by atoms with van der Waals surface area (Å²) in [6, 6.07) is 7.49. The lowest BCUT2D eigenvalue weighted by molar-refractivity contribution is -0.138. The van der Waals surface area contributed by atoms with Crippen molar-refractivity contribution in [1.29, 1.82) is 0 Å². The minimum atomic E-state index is -1.00. The standard InChI is InChI=1S/C25H42N4O4/c1-6-7-21(30)28(16-14-24(2,3)26)18-19-8-10-20(11-9-19)29(17-15-25(4,5)27)22(31)12-13-23(32)33/h8-11H,6-7,12-18,26-27H2,1-5H3,(H,32,33). The van der Waals surface area contributed by atoms with E-state index in [4.69, 9.17) is 16.6 Å². The largest absolute Gasteiger partial charge is 0.481 e. The lowest BCUT2D eigenvalue weighted by Crippen LogP contribution is -2.40. The molecule has 0 heterocycles. The molecule has 0 fully saturated rings. The van der Waals surface area contributed by atoms with Crippen LogP contribution in [-0.2, 0) is 20.9 Å². The molecule has 5 N–H and O–H groups in total. The summed E-state index contributed by atoms with van der Waals surface area (Å²) >= 11 is 0. The highest BCUT2D eigenvalue weighted by Gasteiger charge is 2.21. The molecule has 0 aliphatic carbocycles. The predicted molar refractivity (Wildman–Crippen MR) is 132 cm³/mol. The predicted octanol–water partition coefficient (Wildman–Crippen LogP) is 3.27. The van der Waals surface area contributed by atoms with Crippen molar-refractivity contribution in [1.82, 2.24) is 4.90 Å². The van der Waals surface area contributed by atoms with Crippen LogP contribution in [0.3, 0.4) is 0 Å². The van der Waals surface area contributed by atoms with Gasteiger partial charge in [0.1, 0.15) is 0 Å². The number of nitrogens with two attached hydrogens (primary N) is 2. The summed E-state index contributed by atoms with van der Waals surface area (Å²) in [5.41, 5.74) is 13.0. The van der Waals surface area contributed by atoms with Gasteiger partial charge in [0.15, 0.2) is 0 Å². The molecule has 8 nitrogen and oxygen atoms in total. The Hall–Kier alpha value is -2.45. The third-order valence-corrected chi connectivity index (χ3v) is 5.30. The molecule has 0 spiro atoms. The van der Waals surface area contributed by atoms with Gasteiger partial charge in [-0.15, -0.1) is 0 Å². The number of carboxylic acid groups (broad SMARTS) is 1. The molecule has 0 aliphatic rings. The van der Waals surface area contributed by atoms with Crippen LogP contribution in [0.2, 0.25) is 0 Å². The van der Waals surface area contributed by atoms with Gasteiger partial charge in [-0.05, 0) is 64.7 Å². The Bertz CT molecular complexity index is 779. The molecule has 0 saturated heterocycles. The third kappa shape index (κ3) is 11.8. The molecule has 8 heteroatoms. The van der Waals surface area contributed by atoms with Crippen LogP contribution in [0.5, 0.6) is 0 Å². The summed E-state index contributed by atoms with van der Waals surface area (Å²) in [4.78, 5) is 39.7. The summed E-state index contributed by atoms with van der Waals surface area (Å²) < 4.78 is 0. The fourth-order valence-electron chi connectivity index (χ4n) is 3.24.